The van der Waals surface area contributed by atoms with Crippen LogP contribution in [0.4, 0.5) is 4.79 Å². The van der Waals surface area contributed by atoms with Gasteiger partial charge in [0.1, 0.15) is 5.01 Å². The third kappa shape index (κ3) is 7.08. The number of aromatic nitrogens is 1. The molecule has 3 N–H and O–H groups in total. The van der Waals surface area contributed by atoms with Gasteiger partial charge in [-0.05, 0) is 18.3 Å². The average Bonchev–Trinajstić information content (AvgIpc) is 2.85. The van der Waals surface area contributed by atoms with E-state index in [0.717, 1.165) is 11.4 Å². The summed E-state index contributed by atoms with van der Waals surface area (Å²) in [5.74, 6) is -0.474. The molecule has 1 heterocycles. The molecule has 0 saturated carbocycles. The first-order valence-electron chi connectivity index (χ1n) is 6.59. The van der Waals surface area contributed by atoms with Crippen molar-refractivity contribution in [1.82, 2.24) is 15.6 Å². The summed E-state index contributed by atoms with van der Waals surface area (Å²) in [6, 6.07) is -0.292. The average molecular weight is 299 g/mol. The van der Waals surface area contributed by atoms with Crippen molar-refractivity contribution in [1.29, 1.82) is 0 Å². The molecule has 0 fully saturated rings. The number of nitrogens with zero attached hydrogens (tertiary/aromatic N) is 1. The van der Waals surface area contributed by atoms with Gasteiger partial charge in [0.05, 0.1) is 6.54 Å². The van der Waals surface area contributed by atoms with Gasteiger partial charge in [0.25, 0.3) is 0 Å². The summed E-state index contributed by atoms with van der Waals surface area (Å²) in [6.07, 6.45) is 2.54. The highest BCUT2D eigenvalue weighted by Gasteiger charge is 2.16. The van der Waals surface area contributed by atoms with Crippen LogP contribution in [0.5, 0.6) is 0 Å². The van der Waals surface area contributed by atoms with E-state index in [4.69, 9.17) is 5.11 Å². The third-order valence-electron chi connectivity index (χ3n) is 2.70. The Balaban J connectivity index is 2.30. The first-order chi connectivity index (χ1) is 9.47. The minimum atomic E-state index is -0.833. The fourth-order valence-corrected chi connectivity index (χ4v) is 2.50. The molecule has 0 bridgehead atoms. The van der Waals surface area contributed by atoms with Crippen LogP contribution in [0.15, 0.2) is 11.6 Å². The Morgan fingerprint density at radius 2 is 2.15 bits per heavy atom. The number of carbonyl (C=O) groups is 2. The van der Waals surface area contributed by atoms with Crippen molar-refractivity contribution in [3.8, 4) is 0 Å². The lowest BCUT2D eigenvalue weighted by atomic mass is 9.94. The van der Waals surface area contributed by atoms with Crippen LogP contribution in [0.1, 0.15) is 31.7 Å². The maximum Gasteiger partial charge on any atom is 0.315 e. The topological polar surface area (TPSA) is 91.3 Å². The van der Waals surface area contributed by atoms with Crippen LogP contribution in [-0.4, -0.2) is 28.6 Å². The second-order valence-corrected chi connectivity index (χ2v) is 6.06. The van der Waals surface area contributed by atoms with Crippen molar-refractivity contribution in [2.75, 3.05) is 6.54 Å². The number of carboxylic acids is 1. The molecule has 0 aromatic carbocycles. The van der Waals surface area contributed by atoms with E-state index in [9.17, 15) is 9.59 Å². The van der Waals surface area contributed by atoms with Crippen molar-refractivity contribution in [2.45, 2.75) is 33.2 Å². The van der Waals surface area contributed by atoms with Crippen LogP contribution >= 0.6 is 11.3 Å². The van der Waals surface area contributed by atoms with E-state index in [1.807, 2.05) is 19.2 Å². The quantitative estimate of drug-likeness (QED) is 0.685. The van der Waals surface area contributed by atoms with Gasteiger partial charge in [-0.15, -0.1) is 11.3 Å². The Morgan fingerprint density at radius 3 is 2.70 bits per heavy atom. The Hall–Kier alpha value is -1.63. The van der Waals surface area contributed by atoms with Crippen LogP contribution in [0.3, 0.4) is 0 Å². The summed E-state index contributed by atoms with van der Waals surface area (Å²) in [6.45, 7) is 4.83. The smallest absolute Gasteiger partial charge is 0.315 e. The van der Waals surface area contributed by atoms with E-state index in [1.54, 1.807) is 6.20 Å². The number of hydrogen-bond donors (Lipinski definition) is 3. The molecule has 1 unspecified atom stereocenters. The first-order valence-corrected chi connectivity index (χ1v) is 7.47. The predicted molar refractivity (Wildman–Crippen MR) is 77.6 cm³/mol. The summed E-state index contributed by atoms with van der Waals surface area (Å²) in [5, 5.41) is 17.0. The summed E-state index contributed by atoms with van der Waals surface area (Å²) in [4.78, 5) is 26.5. The minimum absolute atomic E-state index is 0.0434. The van der Waals surface area contributed by atoms with Gasteiger partial charge in [0.15, 0.2) is 0 Å². The van der Waals surface area contributed by atoms with E-state index in [-0.39, 0.29) is 18.4 Å². The molecule has 0 aliphatic heterocycles. The standard InChI is InChI=1S/C13H21N3O3S/c1-9(2)5-10(6-12(17)18)7-15-13(19)16-8-11-14-3-4-20-11/h3-4,9-10H,5-8H2,1-2H3,(H,17,18)(H2,15,16,19). The van der Waals surface area contributed by atoms with E-state index >= 15 is 0 Å². The van der Waals surface area contributed by atoms with Gasteiger partial charge >= 0.3 is 12.0 Å². The Kier molecular flexibility index (Phi) is 7.00. The summed E-state index contributed by atoms with van der Waals surface area (Å²) < 4.78 is 0. The van der Waals surface area contributed by atoms with Crippen molar-refractivity contribution < 1.29 is 14.7 Å². The molecule has 6 nitrogen and oxygen atoms in total. The lowest BCUT2D eigenvalue weighted by Crippen LogP contribution is -2.38. The molecule has 0 radical (unpaired) electrons. The Bertz CT molecular complexity index is 421. The molecule has 1 aromatic rings. The Labute approximate surface area is 122 Å². The predicted octanol–water partition coefficient (Wildman–Crippen LogP) is 2.08. The van der Waals surface area contributed by atoms with E-state index in [0.29, 0.717) is 19.0 Å². The van der Waals surface area contributed by atoms with E-state index in [1.165, 1.54) is 11.3 Å². The second kappa shape index (κ2) is 8.52. The molecule has 1 aromatic heterocycles. The number of nitrogens with one attached hydrogen (secondary N) is 2. The zero-order valence-electron chi connectivity index (χ0n) is 11.8. The molecular weight excluding hydrogens is 278 g/mol. The molecule has 1 rings (SSSR count). The van der Waals surface area contributed by atoms with Crippen LogP contribution < -0.4 is 10.6 Å². The molecular formula is C13H21N3O3S. The molecule has 0 aliphatic carbocycles. The highest BCUT2D eigenvalue weighted by atomic mass is 32.1. The number of amides is 2. The summed E-state index contributed by atoms with van der Waals surface area (Å²) in [5.41, 5.74) is 0. The number of carbonyl (C=O) groups excluding carboxylic acids is 1. The molecule has 1 atom stereocenters. The highest BCUT2D eigenvalue weighted by Crippen LogP contribution is 2.14. The normalized spacial score (nSPS) is 12.2. The van der Waals surface area contributed by atoms with Crippen LogP contribution in [0.25, 0.3) is 0 Å². The van der Waals surface area contributed by atoms with E-state index in [2.05, 4.69) is 15.6 Å². The van der Waals surface area contributed by atoms with Crippen molar-refractivity contribution in [2.24, 2.45) is 11.8 Å². The van der Waals surface area contributed by atoms with Gasteiger partial charge in [-0.25, -0.2) is 9.78 Å². The molecule has 20 heavy (non-hydrogen) atoms. The second-order valence-electron chi connectivity index (χ2n) is 5.08. The molecule has 7 heteroatoms. The fourth-order valence-electron chi connectivity index (χ4n) is 1.95. The summed E-state index contributed by atoms with van der Waals surface area (Å²) >= 11 is 1.47. The molecule has 112 valence electrons. The van der Waals surface area contributed by atoms with Crippen LogP contribution in [0.2, 0.25) is 0 Å². The van der Waals surface area contributed by atoms with E-state index < -0.39 is 5.97 Å². The van der Waals surface area contributed by atoms with Gasteiger partial charge in [0, 0.05) is 24.5 Å². The number of aliphatic carboxylic acids is 1. The molecule has 0 saturated heterocycles. The van der Waals surface area contributed by atoms with Gasteiger partial charge in [-0.3, -0.25) is 4.79 Å². The van der Waals surface area contributed by atoms with Gasteiger partial charge in [0.2, 0.25) is 0 Å². The van der Waals surface area contributed by atoms with Crippen LogP contribution in [-0.2, 0) is 11.3 Å². The van der Waals surface area contributed by atoms with Crippen molar-refractivity contribution >= 4 is 23.3 Å². The summed E-state index contributed by atoms with van der Waals surface area (Å²) in [7, 11) is 0. The van der Waals surface area contributed by atoms with Crippen molar-refractivity contribution in [3.05, 3.63) is 16.6 Å². The maximum atomic E-state index is 11.6. The molecule has 0 spiro atoms. The van der Waals surface area contributed by atoms with Gasteiger partial charge in [-0.1, -0.05) is 13.8 Å². The van der Waals surface area contributed by atoms with Crippen molar-refractivity contribution in [3.63, 3.8) is 0 Å². The number of thiazole rings is 1. The van der Waals surface area contributed by atoms with Gasteiger partial charge in [-0.2, -0.15) is 0 Å². The molecule has 2 amide bonds. The zero-order valence-corrected chi connectivity index (χ0v) is 12.6. The largest absolute Gasteiger partial charge is 0.481 e. The van der Waals surface area contributed by atoms with Gasteiger partial charge < -0.3 is 15.7 Å². The number of urea groups is 1. The lowest BCUT2D eigenvalue weighted by Gasteiger charge is -2.17. The highest BCUT2D eigenvalue weighted by molar-refractivity contribution is 7.09. The fraction of sp³-hybridized carbons (Fsp3) is 0.615. The Morgan fingerprint density at radius 1 is 1.40 bits per heavy atom. The molecule has 0 aliphatic rings. The number of hydrogen-bond acceptors (Lipinski definition) is 4. The first kappa shape index (κ1) is 16.4. The number of rotatable bonds is 8. The minimum Gasteiger partial charge on any atom is -0.481 e. The zero-order chi connectivity index (χ0) is 15.0. The lowest BCUT2D eigenvalue weighted by molar-refractivity contribution is -0.138. The monoisotopic (exact) mass is 299 g/mol. The number of carboxylic acid groups (broad SMARTS) is 1. The maximum absolute atomic E-state index is 11.6. The third-order valence-corrected chi connectivity index (χ3v) is 3.48. The SMILES string of the molecule is CC(C)CC(CNC(=O)NCc1nccs1)CC(=O)O. The van der Waals surface area contributed by atoms with Crippen LogP contribution in [0, 0.1) is 11.8 Å².